The van der Waals surface area contributed by atoms with E-state index in [9.17, 15) is 14.4 Å². The van der Waals surface area contributed by atoms with Crippen molar-refractivity contribution in [3.8, 4) is 0 Å². The fourth-order valence-electron chi connectivity index (χ4n) is 7.13. The van der Waals surface area contributed by atoms with Crippen LogP contribution in [0.4, 0.5) is 21.1 Å². The first-order valence-electron chi connectivity index (χ1n) is 16.4. The van der Waals surface area contributed by atoms with E-state index in [1.165, 1.54) is 0 Å². The molecule has 4 N–H and O–H groups in total. The maximum Gasteiger partial charge on any atom is 0.410 e. The Morgan fingerprint density at radius 1 is 0.978 bits per heavy atom. The summed E-state index contributed by atoms with van der Waals surface area (Å²) in [5, 5.41) is 6.47. The van der Waals surface area contributed by atoms with Gasteiger partial charge in [0.05, 0.1) is 0 Å². The molecule has 4 amide bonds. The van der Waals surface area contributed by atoms with E-state index in [0.717, 1.165) is 67.8 Å². The van der Waals surface area contributed by atoms with E-state index in [-0.39, 0.29) is 24.4 Å². The van der Waals surface area contributed by atoms with Crippen LogP contribution in [-0.2, 0) is 22.4 Å². The lowest BCUT2D eigenvalue weighted by molar-refractivity contribution is -0.143. The van der Waals surface area contributed by atoms with Crippen molar-refractivity contribution in [1.82, 2.24) is 29.9 Å². The second kappa shape index (κ2) is 14.0. The number of ether oxygens (including phenoxy) is 1. The third kappa shape index (κ3) is 7.33. The van der Waals surface area contributed by atoms with Crippen molar-refractivity contribution in [2.45, 2.75) is 63.6 Å². The minimum atomic E-state index is -0.958. The van der Waals surface area contributed by atoms with E-state index in [2.05, 4.69) is 20.5 Å². The molecule has 3 fully saturated rings. The van der Waals surface area contributed by atoms with Gasteiger partial charge < -0.3 is 35.8 Å². The van der Waals surface area contributed by atoms with Crippen LogP contribution >= 0.6 is 0 Å². The second-order valence-electron chi connectivity index (χ2n) is 12.7. The Bertz CT molecular complexity index is 1370. The van der Waals surface area contributed by atoms with E-state index in [0.29, 0.717) is 57.4 Å². The van der Waals surface area contributed by atoms with E-state index in [1.807, 2.05) is 47.1 Å². The topological polar surface area (TPSA) is 136 Å². The maximum atomic E-state index is 13.9. The highest BCUT2D eigenvalue weighted by Gasteiger charge is 2.36. The molecule has 0 saturated carbocycles. The van der Waals surface area contributed by atoms with Crippen molar-refractivity contribution in [3.63, 3.8) is 0 Å². The van der Waals surface area contributed by atoms with Crippen LogP contribution in [0.5, 0.6) is 0 Å². The van der Waals surface area contributed by atoms with Gasteiger partial charge in [-0.15, -0.1) is 0 Å². The molecule has 1 atom stereocenters. The number of nitrogens with two attached hydrogens (primary N) is 1. The fraction of sp³-hybridized carbons (Fsp3) is 0.576. The van der Waals surface area contributed by atoms with Crippen molar-refractivity contribution in [1.29, 1.82) is 0 Å². The van der Waals surface area contributed by atoms with Crippen molar-refractivity contribution in [2.24, 2.45) is 0 Å². The predicted octanol–water partition coefficient (Wildman–Crippen LogP) is 2.47. The molecular weight excluding hydrogens is 572 g/mol. The van der Waals surface area contributed by atoms with Crippen LogP contribution < -0.4 is 16.4 Å². The Kier molecular flexibility index (Phi) is 9.70. The number of pyridine rings is 1. The summed E-state index contributed by atoms with van der Waals surface area (Å²) in [7, 11) is 0. The number of fused-ring (bicyclic) bond motifs is 1. The van der Waals surface area contributed by atoms with E-state index >= 15 is 0 Å². The molecule has 1 aromatic carbocycles. The Balaban J connectivity index is 1.07. The number of benzene rings is 1. The Hall–Kier alpha value is -3.90. The van der Waals surface area contributed by atoms with E-state index in [4.69, 9.17) is 10.5 Å². The quantitative estimate of drug-likeness (QED) is 0.449. The molecule has 5 heterocycles. The van der Waals surface area contributed by atoms with Gasteiger partial charge in [-0.05, 0) is 74.9 Å². The lowest BCUT2D eigenvalue weighted by atomic mass is 10.0. The summed E-state index contributed by atoms with van der Waals surface area (Å²) in [4.78, 5) is 52.6. The maximum absolute atomic E-state index is 13.9. The Morgan fingerprint density at radius 3 is 2.44 bits per heavy atom. The third-order valence-electron chi connectivity index (χ3n) is 9.87. The highest BCUT2D eigenvalue weighted by atomic mass is 16.6. The van der Waals surface area contributed by atoms with Gasteiger partial charge in [0.25, 0.3) is 5.91 Å². The van der Waals surface area contributed by atoms with Gasteiger partial charge in [0.1, 0.15) is 5.82 Å². The van der Waals surface area contributed by atoms with Gasteiger partial charge in [-0.25, -0.2) is 14.6 Å². The lowest BCUT2D eigenvalue weighted by Gasteiger charge is -2.41. The number of nitrogen functional groups attached to an aromatic ring is 1. The number of carbonyl (C=O) groups excluding carboxylic acids is 3. The van der Waals surface area contributed by atoms with Gasteiger partial charge in [0.2, 0.25) is 0 Å². The molecule has 3 saturated heterocycles. The molecule has 12 nitrogen and oxygen atoms in total. The number of nitrogens with zero attached hydrogens (tertiary/aromatic N) is 5. The Labute approximate surface area is 265 Å². The summed E-state index contributed by atoms with van der Waals surface area (Å²) in [5.41, 5.74) is 9.55. The van der Waals surface area contributed by atoms with Crippen LogP contribution in [0.15, 0.2) is 36.5 Å². The number of carbonyl (C=O) groups is 3. The smallest absolute Gasteiger partial charge is 0.410 e. The molecule has 1 aromatic heterocycles. The largest absolute Gasteiger partial charge is 0.436 e. The zero-order valence-corrected chi connectivity index (χ0v) is 26.2. The number of nitrogens with one attached hydrogen (secondary N) is 2. The summed E-state index contributed by atoms with van der Waals surface area (Å²) in [5.74, 6) is 0.274. The summed E-state index contributed by atoms with van der Waals surface area (Å²) < 4.78 is 6.01. The number of piperazine rings is 1. The summed E-state index contributed by atoms with van der Waals surface area (Å²) in [6, 6.07) is 10.3. The van der Waals surface area contributed by atoms with Crippen molar-refractivity contribution in [3.05, 3.63) is 53.2 Å². The van der Waals surface area contributed by atoms with Crippen molar-refractivity contribution < 1.29 is 19.1 Å². The number of aromatic nitrogens is 1. The summed E-state index contributed by atoms with van der Waals surface area (Å²) in [6.45, 7) is 8.37. The molecule has 0 radical (unpaired) electrons. The molecule has 0 aliphatic carbocycles. The van der Waals surface area contributed by atoms with Crippen molar-refractivity contribution >= 4 is 29.5 Å². The van der Waals surface area contributed by atoms with Gasteiger partial charge in [0, 0.05) is 76.2 Å². The molecule has 45 heavy (non-hydrogen) atoms. The monoisotopic (exact) mass is 618 g/mol. The number of urea groups is 1. The van der Waals surface area contributed by atoms with Gasteiger partial charge in [-0.1, -0.05) is 24.3 Å². The average molecular weight is 619 g/mol. The van der Waals surface area contributed by atoms with Gasteiger partial charge in [-0.3, -0.25) is 9.69 Å². The summed E-state index contributed by atoms with van der Waals surface area (Å²) >= 11 is 0. The van der Waals surface area contributed by atoms with Crippen LogP contribution in [0.25, 0.3) is 0 Å². The van der Waals surface area contributed by atoms with Gasteiger partial charge >= 0.3 is 12.1 Å². The fourth-order valence-corrected chi connectivity index (χ4v) is 7.13. The molecular formula is C33H46N8O4. The van der Waals surface area contributed by atoms with Crippen molar-refractivity contribution in [2.75, 3.05) is 70.0 Å². The highest BCUT2D eigenvalue weighted by molar-refractivity contribution is 5.91. The molecule has 2 aromatic rings. The molecule has 242 valence electrons. The third-order valence-corrected chi connectivity index (χ3v) is 9.87. The molecule has 0 spiro atoms. The standard InChI is InChI=1S/C33H46N8O4/c1-23-20-24(22-36-30(23)34)21-29(31(42)39-18-16-38(17-19-39)26-6-11-35-12-7-26)45-33(44)40-13-9-27(10-14-40)41-15-8-25-4-2-3-5-28(25)37-32(41)43/h2-5,20,22,26-27,29,35H,6-19,21H2,1H3,(H2,34,36)(H,37,43)/t29-/m1/s1. The zero-order valence-electron chi connectivity index (χ0n) is 26.2. The normalized spacial score (nSPS) is 21.1. The molecule has 6 rings (SSSR count). The lowest BCUT2D eigenvalue weighted by Crippen LogP contribution is -2.56. The second-order valence-corrected chi connectivity index (χ2v) is 12.7. The number of hydrogen-bond donors (Lipinski definition) is 3. The van der Waals surface area contributed by atoms with Crippen LogP contribution in [0, 0.1) is 6.92 Å². The first-order chi connectivity index (χ1) is 21.9. The molecule has 0 bridgehead atoms. The molecule has 12 heteroatoms. The van der Waals surface area contributed by atoms with E-state index in [1.54, 1.807) is 11.1 Å². The number of rotatable bonds is 6. The number of likely N-dealkylation sites (tertiary alicyclic amines) is 1. The predicted molar refractivity (Wildman–Crippen MR) is 172 cm³/mol. The van der Waals surface area contributed by atoms with Crippen LogP contribution in [0.3, 0.4) is 0 Å². The van der Waals surface area contributed by atoms with Crippen LogP contribution in [0.2, 0.25) is 0 Å². The van der Waals surface area contributed by atoms with Crippen LogP contribution in [-0.4, -0.2) is 120 Å². The number of amides is 4. The molecule has 4 aliphatic rings. The van der Waals surface area contributed by atoms with Gasteiger partial charge in [0.15, 0.2) is 6.10 Å². The van der Waals surface area contributed by atoms with Gasteiger partial charge in [-0.2, -0.15) is 0 Å². The number of anilines is 2. The van der Waals surface area contributed by atoms with Crippen LogP contribution in [0.1, 0.15) is 42.4 Å². The highest BCUT2D eigenvalue weighted by Crippen LogP contribution is 2.25. The number of aryl methyl sites for hydroxylation is 1. The SMILES string of the molecule is Cc1cc(C[C@@H](OC(=O)N2CCC(N3CCc4ccccc4NC3=O)CC2)C(=O)N2CCN(C3CCNCC3)CC2)cnc1N. The average Bonchev–Trinajstić information content (AvgIpc) is 3.24. The first kappa shape index (κ1) is 31.1. The first-order valence-corrected chi connectivity index (χ1v) is 16.4. The minimum Gasteiger partial charge on any atom is -0.436 e. The molecule has 4 aliphatic heterocycles. The van der Waals surface area contributed by atoms with E-state index < -0.39 is 12.2 Å². The zero-order chi connectivity index (χ0) is 31.3. The summed E-state index contributed by atoms with van der Waals surface area (Å²) in [6.07, 6.45) is 4.78. The number of hydrogen-bond acceptors (Lipinski definition) is 8. The number of piperidine rings is 2. The molecule has 0 unspecified atom stereocenters. The number of para-hydroxylation sites is 1. The Morgan fingerprint density at radius 2 is 1.71 bits per heavy atom. The minimum absolute atomic E-state index is 0.0286.